The molecular weight excluding hydrogens is 382 g/mol. The van der Waals surface area contributed by atoms with E-state index in [4.69, 9.17) is 0 Å². The molecule has 152 valence electrons. The molecule has 5 nitrogen and oxygen atoms in total. The maximum absolute atomic E-state index is 12.8. The summed E-state index contributed by atoms with van der Waals surface area (Å²) in [6.07, 6.45) is 0.952. The number of hydrogen-bond acceptors (Lipinski definition) is 4. The average Bonchev–Trinajstić information content (AvgIpc) is 2.75. The van der Waals surface area contributed by atoms with Crippen LogP contribution in [0.15, 0.2) is 64.5 Å². The van der Waals surface area contributed by atoms with E-state index in [0.717, 1.165) is 6.42 Å². The van der Waals surface area contributed by atoms with Crippen LogP contribution < -0.4 is 10.9 Å². The predicted octanol–water partition coefficient (Wildman–Crippen LogP) is 4.21. The van der Waals surface area contributed by atoms with Crippen molar-refractivity contribution in [2.45, 2.75) is 50.1 Å². The first-order valence-corrected chi connectivity index (χ1v) is 10.9. The third kappa shape index (κ3) is 4.88. The number of carbonyl (C=O) groups excluding carboxylic acids is 1. The highest BCUT2D eigenvalue weighted by molar-refractivity contribution is 8.00. The van der Waals surface area contributed by atoms with Crippen molar-refractivity contribution in [1.29, 1.82) is 0 Å². The van der Waals surface area contributed by atoms with Gasteiger partial charge in [-0.05, 0) is 38.0 Å². The fourth-order valence-electron chi connectivity index (χ4n) is 3.32. The molecule has 0 radical (unpaired) electrons. The smallest absolute Gasteiger partial charge is 0.262 e. The zero-order valence-corrected chi connectivity index (χ0v) is 17.9. The summed E-state index contributed by atoms with van der Waals surface area (Å²) in [4.78, 5) is 30.1. The Kier molecular flexibility index (Phi) is 7.09. The summed E-state index contributed by atoms with van der Waals surface area (Å²) in [6, 6.07) is 17.6. The summed E-state index contributed by atoms with van der Waals surface area (Å²) in [5, 5.41) is 3.89. The van der Waals surface area contributed by atoms with Gasteiger partial charge in [-0.2, -0.15) is 0 Å². The highest BCUT2D eigenvalue weighted by Gasteiger charge is 2.20. The van der Waals surface area contributed by atoms with Crippen molar-refractivity contribution in [1.82, 2.24) is 14.9 Å². The van der Waals surface area contributed by atoms with E-state index < -0.39 is 0 Å². The zero-order chi connectivity index (χ0) is 20.8. The molecule has 3 rings (SSSR count). The van der Waals surface area contributed by atoms with Crippen LogP contribution in [-0.4, -0.2) is 27.3 Å². The molecule has 0 aliphatic heterocycles. The number of carbonyl (C=O) groups is 1. The fraction of sp³-hybridized carbons (Fsp3) is 0.348. The number of nitrogens with one attached hydrogen (secondary N) is 1. The number of para-hydroxylation sites is 1. The van der Waals surface area contributed by atoms with Gasteiger partial charge < -0.3 is 5.32 Å². The molecule has 6 heteroatoms. The summed E-state index contributed by atoms with van der Waals surface area (Å²) in [5.74, 6) is 0.236. The van der Waals surface area contributed by atoms with Gasteiger partial charge in [-0.3, -0.25) is 14.2 Å². The van der Waals surface area contributed by atoms with Gasteiger partial charge >= 0.3 is 0 Å². The van der Waals surface area contributed by atoms with Crippen LogP contribution in [-0.2, 0) is 11.3 Å². The maximum Gasteiger partial charge on any atom is 0.262 e. The van der Waals surface area contributed by atoms with Crippen molar-refractivity contribution in [3.05, 3.63) is 70.5 Å². The molecular formula is C23H27N3O2S. The summed E-state index contributed by atoms with van der Waals surface area (Å²) in [5.41, 5.74) is 1.82. The predicted molar refractivity (Wildman–Crippen MR) is 119 cm³/mol. The van der Waals surface area contributed by atoms with E-state index in [1.165, 1.54) is 17.3 Å². The molecule has 1 aromatic heterocycles. The summed E-state index contributed by atoms with van der Waals surface area (Å²) in [6.45, 7) is 7.00. The Morgan fingerprint density at radius 2 is 1.79 bits per heavy atom. The van der Waals surface area contributed by atoms with Gasteiger partial charge in [0.2, 0.25) is 5.91 Å². The van der Waals surface area contributed by atoms with E-state index in [1.54, 1.807) is 10.6 Å². The molecule has 2 aromatic carbocycles. The first-order valence-electron chi connectivity index (χ1n) is 10.0. The molecule has 3 aromatic rings. The monoisotopic (exact) mass is 409 g/mol. The summed E-state index contributed by atoms with van der Waals surface area (Å²) in [7, 11) is 0. The molecule has 0 unspecified atom stereocenters. The quantitative estimate of drug-likeness (QED) is 0.447. The summed E-state index contributed by atoms with van der Waals surface area (Å²) >= 11 is 1.33. The lowest BCUT2D eigenvalue weighted by atomic mass is 9.96. The van der Waals surface area contributed by atoms with E-state index in [9.17, 15) is 9.59 Å². The van der Waals surface area contributed by atoms with Crippen LogP contribution >= 0.6 is 11.8 Å². The Bertz CT molecular complexity index is 1030. The molecule has 0 bridgehead atoms. The minimum absolute atomic E-state index is 0.0468. The zero-order valence-electron chi connectivity index (χ0n) is 17.1. The Labute approximate surface area is 175 Å². The highest BCUT2D eigenvalue weighted by atomic mass is 32.2. The van der Waals surface area contributed by atoms with E-state index in [-0.39, 0.29) is 22.6 Å². The van der Waals surface area contributed by atoms with Crippen LogP contribution in [0.25, 0.3) is 10.9 Å². The molecule has 2 atom stereocenters. The Morgan fingerprint density at radius 1 is 1.10 bits per heavy atom. The molecule has 0 aliphatic rings. The van der Waals surface area contributed by atoms with E-state index in [0.29, 0.717) is 29.1 Å². The van der Waals surface area contributed by atoms with Crippen LogP contribution in [0.5, 0.6) is 0 Å². The third-order valence-corrected chi connectivity index (χ3v) is 6.17. The molecule has 0 saturated heterocycles. The second kappa shape index (κ2) is 9.74. The van der Waals surface area contributed by atoms with Gasteiger partial charge in [0.25, 0.3) is 5.56 Å². The standard InChI is InChI=1S/C23H27N3O2S/c1-4-17(18-11-7-6-8-12-18)15-24-21(27)16(3)29-23-25-20-14-10-9-13-19(20)22(28)26(23)5-2/h6-14,16-17H,4-5,15H2,1-3H3,(H,24,27)/t16-,17-/m0/s1. The molecule has 1 N–H and O–H groups in total. The Morgan fingerprint density at radius 3 is 2.48 bits per heavy atom. The number of amides is 1. The number of hydrogen-bond donors (Lipinski definition) is 1. The maximum atomic E-state index is 12.8. The van der Waals surface area contributed by atoms with Gasteiger partial charge in [0.15, 0.2) is 5.16 Å². The SMILES string of the molecule is CC[C@@H](CNC(=O)[C@H](C)Sc1nc2ccccc2c(=O)n1CC)c1ccccc1. The van der Waals surface area contributed by atoms with Gasteiger partial charge in [0, 0.05) is 19.0 Å². The normalized spacial score (nSPS) is 13.2. The Hall–Kier alpha value is -2.60. The van der Waals surface area contributed by atoms with E-state index in [1.807, 2.05) is 50.2 Å². The summed E-state index contributed by atoms with van der Waals surface area (Å²) < 4.78 is 1.63. The van der Waals surface area contributed by atoms with Crippen molar-refractivity contribution in [3.63, 3.8) is 0 Å². The fourth-order valence-corrected chi connectivity index (χ4v) is 4.32. The van der Waals surface area contributed by atoms with Crippen molar-refractivity contribution in [2.75, 3.05) is 6.54 Å². The van der Waals surface area contributed by atoms with Gasteiger partial charge in [-0.25, -0.2) is 4.98 Å². The van der Waals surface area contributed by atoms with Crippen LogP contribution in [0.2, 0.25) is 0 Å². The van der Waals surface area contributed by atoms with Crippen molar-refractivity contribution in [2.24, 2.45) is 0 Å². The number of rotatable bonds is 8. The van der Waals surface area contributed by atoms with Crippen molar-refractivity contribution < 1.29 is 4.79 Å². The van der Waals surface area contributed by atoms with Gasteiger partial charge in [-0.1, -0.05) is 61.2 Å². The van der Waals surface area contributed by atoms with Crippen LogP contribution in [0.1, 0.15) is 38.7 Å². The van der Waals surface area contributed by atoms with Crippen molar-refractivity contribution >= 4 is 28.6 Å². The topological polar surface area (TPSA) is 64.0 Å². The molecule has 0 saturated carbocycles. The van der Waals surface area contributed by atoms with Gasteiger partial charge in [0.1, 0.15) is 0 Å². The minimum Gasteiger partial charge on any atom is -0.355 e. The van der Waals surface area contributed by atoms with E-state index in [2.05, 4.69) is 29.4 Å². The molecule has 1 heterocycles. The first-order chi connectivity index (χ1) is 14.0. The molecule has 0 spiro atoms. The lowest BCUT2D eigenvalue weighted by molar-refractivity contribution is -0.120. The second-order valence-electron chi connectivity index (χ2n) is 6.98. The van der Waals surface area contributed by atoms with Crippen molar-refractivity contribution in [3.8, 4) is 0 Å². The van der Waals surface area contributed by atoms with Crippen LogP contribution in [0.4, 0.5) is 0 Å². The molecule has 0 fully saturated rings. The number of aromatic nitrogens is 2. The lowest BCUT2D eigenvalue weighted by Crippen LogP contribution is -2.34. The number of fused-ring (bicyclic) bond motifs is 1. The first kappa shape index (κ1) is 21.1. The highest BCUT2D eigenvalue weighted by Crippen LogP contribution is 2.23. The molecule has 1 amide bonds. The number of thioether (sulfide) groups is 1. The average molecular weight is 410 g/mol. The van der Waals surface area contributed by atoms with Gasteiger partial charge in [-0.15, -0.1) is 0 Å². The number of nitrogens with zero attached hydrogens (tertiary/aromatic N) is 2. The van der Waals surface area contributed by atoms with E-state index >= 15 is 0 Å². The molecule has 0 aliphatic carbocycles. The largest absolute Gasteiger partial charge is 0.355 e. The molecule has 29 heavy (non-hydrogen) atoms. The van der Waals surface area contributed by atoms with Gasteiger partial charge in [0.05, 0.1) is 16.2 Å². The lowest BCUT2D eigenvalue weighted by Gasteiger charge is -2.19. The Balaban J connectivity index is 1.72. The minimum atomic E-state index is -0.353. The number of benzene rings is 2. The third-order valence-electron chi connectivity index (χ3n) is 5.08. The second-order valence-corrected chi connectivity index (χ2v) is 8.29. The van der Waals surface area contributed by atoms with Crippen LogP contribution in [0, 0.1) is 0 Å². The van der Waals surface area contributed by atoms with Crippen LogP contribution in [0.3, 0.4) is 0 Å².